The molecule has 2 fully saturated rings. The standard InChI is InChI=1S/C23H28N6O/c1-18-4-7-20(8-5-18)28-14-12-27(13-15-28)17-22-25-23(26-30-22)19-6-9-21(24-16-19)29-10-2-3-11-29/h4-9,16H,2-3,10-15,17H2,1H3. The van der Waals surface area contributed by atoms with E-state index in [1.54, 1.807) is 0 Å². The quantitative estimate of drug-likeness (QED) is 0.646. The van der Waals surface area contributed by atoms with Gasteiger partial charge in [-0.3, -0.25) is 4.90 Å². The lowest BCUT2D eigenvalue weighted by atomic mass is 10.2. The second-order valence-corrected chi connectivity index (χ2v) is 8.21. The first-order chi connectivity index (χ1) is 14.7. The van der Waals surface area contributed by atoms with Crippen molar-refractivity contribution in [2.24, 2.45) is 0 Å². The maximum absolute atomic E-state index is 5.52. The lowest BCUT2D eigenvalue weighted by molar-refractivity contribution is 0.215. The Kier molecular flexibility index (Phi) is 5.36. The van der Waals surface area contributed by atoms with Crippen molar-refractivity contribution in [3.8, 4) is 11.4 Å². The van der Waals surface area contributed by atoms with Gasteiger partial charge in [-0.05, 0) is 44.0 Å². The van der Waals surface area contributed by atoms with Crippen LogP contribution >= 0.6 is 0 Å². The summed E-state index contributed by atoms with van der Waals surface area (Å²) in [5, 5.41) is 4.17. The summed E-state index contributed by atoms with van der Waals surface area (Å²) in [6, 6.07) is 12.9. The molecule has 0 atom stereocenters. The third-order valence-corrected chi connectivity index (χ3v) is 6.03. The molecule has 0 amide bonds. The van der Waals surface area contributed by atoms with Crippen molar-refractivity contribution in [3.05, 3.63) is 54.0 Å². The van der Waals surface area contributed by atoms with Gasteiger partial charge >= 0.3 is 0 Å². The lowest BCUT2D eigenvalue weighted by Gasteiger charge is -2.35. The van der Waals surface area contributed by atoms with Crippen LogP contribution in [0.4, 0.5) is 11.5 Å². The average Bonchev–Trinajstić information content (AvgIpc) is 3.48. The monoisotopic (exact) mass is 404 g/mol. The van der Waals surface area contributed by atoms with E-state index in [2.05, 4.69) is 67.1 Å². The van der Waals surface area contributed by atoms with Crippen LogP contribution in [-0.2, 0) is 6.54 Å². The molecule has 3 aromatic rings. The van der Waals surface area contributed by atoms with Crippen molar-refractivity contribution < 1.29 is 4.52 Å². The fourth-order valence-corrected chi connectivity index (χ4v) is 4.20. The van der Waals surface area contributed by atoms with Gasteiger partial charge in [-0.15, -0.1) is 0 Å². The van der Waals surface area contributed by atoms with E-state index in [0.29, 0.717) is 18.3 Å². The van der Waals surface area contributed by atoms with Gasteiger partial charge in [0, 0.05) is 56.7 Å². The molecule has 156 valence electrons. The van der Waals surface area contributed by atoms with E-state index in [9.17, 15) is 0 Å². The van der Waals surface area contributed by atoms with Crippen molar-refractivity contribution in [2.45, 2.75) is 26.3 Å². The largest absolute Gasteiger partial charge is 0.369 e. The van der Waals surface area contributed by atoms with E-state index in [4.69, 9.17) is 4.52 Å². The van der Waals surface area contributed by atoms with Crippen LogP contribution < -0.4 is 9.80 Å². The molecule has 2 aromatic heterocycles. The maximum atomic E-state index is 5.52. The Morgan fingerprint density at radius 2 is 1.63 bits per heavy atom. The summed E-state index contributed by atoms with van der Waals surface area (Å²) in [6.45, 7) is 8.98. The van der Waals surface area contributed by atoms with Crippen LogP contribution in [0.1, 0.15) is 24.3 Å². The Morgan fingerprint density at radius 1 is 0.867 bits per heavy atom. The summed E-state index contributed by atoms with van der Waals surface area (Å²) < 4.78 is 5.52. The Bertz CT molecular complexity index is 954. The fourth-order valence-electron chi connectivity index (χ4n) is 4.20. The lowest BCUT2D eigenvalue weighted by Crippen LogP contribution is -2.46. The molecule has 4 heterocycles. The van der Waals surface area contributed by atoms with E-state index >= 15 is 0 Å². The SMILES string of the molecule is Cc1ccc(N2CCN(Cc3nc(-c4ccc(N5CCCC5)nc4)no3)CC2)cc1. The molecule has 2 aliphatic rings. The zero-order valence-electron chi connectivity index (χ0n) is 17.5. The van der Waals surface area contributed by atoms with Crippen LogP contribution in [0, 0.1) is 6.92 Å². The first kappa shape index (κ1) is 19.1. The fraction of sp³-hybridized carbons (Fsp3) is 0.435. The minimum absolute atomic E-state index is 0.615. The highest BCUT2D eigenvalue weighted by molar-refractivity contribution is 5.56. The molecule has 0 aliphatic carbocycles. The molecule has 7 heteroatoms. The molecule has 2 aliphatic heterocycles. The predicted molar refractivity (Wildman–Crippen MR) is 118 cm³/mol. The summed E-state index contributed by atoms with van der Waals surface area (Å²) in [5.74, 6) is 2.31. The molecule has 0 bridgehead atoms. The van der Waals surface area contributed by atoms with Crippen LogP contribution in [0.2, 0.25) is 0 Å². The molecule has 0 spiro atoms. The Balaban J connectivity index is 1.17. The summed E-state index contributed by atoms with van der Waals surface area (Å²) in [4.78, 5) is 16.3. The number of piperazine rings is 1. The first-order valence-corrected chi connectivity index (χ1v) is 10.8. The topological polar surface area (TPSA) is 61.5 Å². The number of hydrogen-bond acceptors (Lipinski definition) is 7. The Hall–Kier alpha value is -2.93. The molecule has 1 aromatic carbocycles. The molecule has 2 saturated heterocycles. The van der Waals surface area contributed by atoms with E-state index in [0.717, 1.165) is 50.6 Å². The number of benzene rings is 1. The summed E-state index contributed by atoms with van der Waals surface area (Å²) in [6.07, 6.45) is 4.34. The molecule has 0 unspecified atom stereocenters. The van der Waals surface area contributed by atoms with Crippen LogP contribution in [0.15, 0.2) is 47.1 Å². The van der Waals surface area contributed by atoms with E-state index in [-0.39, 0.29) is 0 Å². The number of hydrogen-bond donors (Lipinski definition) is 0. The van der Waals surface area contributed by atoms with Crippen molar-refractivity contribution in [1.82, 2.24) is 20.0 Å². The van der Waals surface area contributed by atoms with E-state index in [1.807, 2.05) is 12.3 Å². The number of rotatable bonds is 5. The van der Waals surface area contributed by atoms with Gasteiger partial charge in [-0.2, -0.15) is 4.98 Å². The third kappa shape index (κ3) is 4.16. The van der Waals surface area contributed by atoms with Gasteiger partial charge in [0.2, 0.25) is 11.7 Å². The Morgan fingerprint density at radius 3 is 2.33 bits per heavy atom. The van der Waals surface area contributed by atoms with Gasteiger partial charge < -0.3 is 14.3 Å². The number of pyridine rings is 1. The van der Waals surface area contributed by atoms with Crippen LogP contribution in [-0.4, -0.2) is 59.3 Å². The van der Waals surface area contributed by atoms with Gasteiger partial charge in [0.25, 0.3) is 0 Å². The smallest absolute Gasteiger partial charge is 0.241 e. The molecule has 0 radical (unpaired) electrons. The highest BCUT2D eigenvalue weighted by atomic mass is 16.5. The van der Waals surface area contributed by atoms with Gasteiger partial charge in [0.05, 0.1) is 6.54 Å². The van der Waals surface area contributed by atoms with Crippen LogP contribution in [0.25, 0.3) is 11.4 Å². The molecule has 0 N–H and O–H groups in total. The van der Waals surface area contributed by atoms with Crippen molar-refractivity contribution in [2.75, 3.05) is 49.1 Å². The first-order valence-electron chi connectivity index (χ1n) is 10.8. The number of aromatic nitrogens is 3. The summed E-state index contributed by atoms with van der Waals surface area (Å²) >= 11 is 0. The van der Waals surface area contributed by atoms with Gasteiger partial charge in [-0.1, -0.05) is 22.9 Å². The molecular weight excluding hydrogens is 376 g/mol. The summed E-state index contributed by atoms with van der Waals surface area (Å²) in [5.41, 5.74) is 3.49. The molecule has 30 heavy (non-hydrogen) atoms. The number of nitrogens with zero attached hydrogens (tertiary/aromatic N) is 6. The predicted octanol–water partition coefficient (Wildman–Crippen LogP) is 3.36. The second kappa shape index (κ2) is 8.44. The second-order valence-electron chi connectivity index (χ2n) is 8.21. The van der Waals surface area contributed by atoms with Crippen LogP contribution in [0.3, 0.4) is 0 Å². The number of anilines is 2. The van der Waals surface area contributed by atoms with Gasteiger partial charge in [0.1, 0.15) is 5.82 Å². The molecule has 7 nitrogen and oxygen atoms in total. The zero-order valence-corrected chi connectivity index (χ0v) is 17.5. The zero-order chi connectivity index (χ0) is 20.3. The Labute approximate surface area is 177 Å². The van der Waals surface area contributed by atoms with E-state index < -0.39 is 0 Å². The van der Waals surface area contributed by atoms with Crippen molar-refractivity contribution >= 4 is 11.5 Å². The average molecular weight is 405 g/mol. The van der Waals surface area contributed by atoms with E-state index in [1.165, 1.54) is 24.1 Å². The minimum Gasteiger partial charge on any atom is -0.369 e. The van der Waals surface area contributed by atoms with Crippen LogP contribution in [0.5, 0.6) is 0 Å². The third-order valence-electron chi connectivity index (χ3n) is 6.03. The maximum Gasteiger partial charge on any atom is 0.241 e. The van der Waals surface area contributed by atoms with Gasteiger partial charge in [-0.25, -0.2) is 4.98 Å². The number of aryl methyl sites for hydroxylation is 1. The molecular formula is C23H28N6O. The molecule has 0 saturated carbocycles. The minimum atomic E-state index is 0.615. The normalized spacial score (nSPS) is 17.6. The van der Waals surface area contributed by atoms with Crippen molar-refractivity contribution in [1.29, 1.82) is 0 Å². The molecule has 5 rings (SSSR count). The highest BCUT2D eigenvalue weighted by Crippen LogP contribution is 2.22. The van der Waals surface area contributed by atoms with Gasteiger partial charge in [0.15, 0.2) is 0 Å². The van der Waals surface area contributed by atoms with Crippen molar-refractivity contribution in [3.63, 3.8) is 0 Å². The summed E-state index contributed by atoms with van der Waals surface area (Å²) in [7, 11) is 0. The highest BCUT2D eigenvalue weighted by Gasteiger charge is 2.20.